The summed E-state index contributed by atoms with van der Waals surface area (Å²) >= 11 is 0. The standard InChI is InChI=1S/C25H27N5O/c1-17(31)14-22-21-6-4-5-7-24(21)29-15-20(12-13-25(22)29)30-16-23(26-27-30)18-8-10-19(11-9-18)28(2)3/h4-11,16,20,31H,1,12-15H2,2-3H3. The third-order valence-corrected chi connectivity index (χ3v) is 6.25. The smallest absolute Gasteiger partial charge is 0.113 e. The largest absolute Gasteiger partial charge is 0.513 e. The third kappa shape index (κ3) is 3.48. The lowest BCUT2D eigenvalue weighted by Gasteiger charge is -2.26. The average molecular weight is 414 g/mol. The van der Waals surface area contributed by atoms with Crippen molar-refractivity contribution in [3.63, 3.8) is 0 Å². The lowest BCUT2D eigenvalue weighted by Crippen LogP contribution is -2.24. The van der Waals surface area contributed by atoms with Gasteiger partial charge in [-0.25, -0.2) is 4.68 Å². The van der Waals surface area contributed by atoms with Crippen LogP contribution in [0.1, 0.15) is 23.7 Å². The summed E-state index contributed by atoms with van der Waals surface area (Å²) in [5.74, 6) is 0.211. The molecule has 2 aromatic heterocycles. The van der Waals surface area contributed by atoms with Crippen molar-refractivity contribution in [3.8, 4) is 11.3 Å². The molecule has 0 fully saturated rings. The van der Waals surface area contributed by atoms with Gasteiger partial charge in [-0.05, 0) is 36.6 Å². The van der Waals surface area contributed by atoms with Gasteiger partial charge in [0.2, 0.25) is 0 Å². The molecule has 6 nitrogen and oxygen atoms in total. The maximum absolute atomic E-state index is 9.84. The number of anilines is 1. The Kier molecular flexibility index (Phi) is 4.77. The maximum atomic E-state index is 9.84. The number of hydrogen-bond acceptors (Lipinski definition) is 4. The molecular weight excluding hydrogens is 386 g/mol. The van der Waals surface area contributed by atoms with Crippen molar-refractivity contribution < 1.29 is 5.11 Å². The van der Waals surface area contributed by atoms with E-state index in [1.807, 2.05) is 18.8 Å². The predicted octanol–water partition coefficient (Wildman–Crippen LogP) is 4.77. The van der Waals surface area contributed by atoms with Gasteiger partial charge in [-0.3, -0.25) is 0 Å². The van der Waals surface area contributed by atoms with Gasteiger partial charge in [0.05, 0.1) is 18.0 Å². The van der Waals surface area contributed by atoms with Crippen molar-refractivity contribution in [2.75, 3.05) is 19.0 Å². The molecule has 4 aromatic rings. The highest BCUT2D eigenvalue weighted by Crippen LogP contribution is 2.35. The van der Waals surface area contributed by atoms with E-state index < -0.39 is 0 Å². The Morgan fingerprint density at radius 2 is 1.94 bits per heavy atom. The minimum Gasteiger partial charge on any atom is -0.513 e. The highest BCUT2D eigenvalue weighted by atomic mass is 16.3. The Bertz CT molecular complexity index is 1250. The monoisotopic (exact) mass is 413 g/mol. The molecule has 0 saturated carbocycles. The number of allylic oxidation sites excluding steroid dienone is 1. The molecule has 0 aliphatic carbocycles. The van der Waals surface area contributed by atoms with Crippen LogP contribution >= 0.6 is 0 Å². The molecule has 158 valence electrons. The van der Waals surface area contributed by atoms with E-state index in [1.54, 1.807) is 0 Å². The van der Waals surface area contributed by atoms with Crippen molar-refractivity contribution in [1.29, 1.82) is 0 Å². The molecule has 1 aliphatic heterocycles. The molecule has 3 heterocycles. The highest BCUT2D eigenvalue weighted by molar-refractivity contribution is 5.86. The minimum atomic E-state index is 0.211. The topological polar surface area (TPSA) is 59.1 Å². The van der Waals surface area contributed by atoms with Crippen molar-refractivity contribution in [3.05, 3.63) is 78.3 Å². The van der Waals surface area contributed by atoms with Crippen LogP contribution in [0.15, 0.2) is 67.1 Å². The van der Waals surface area contributed by atoms with Gasteiger partial charge in [0, 0.05) is 54.9 Å². The molecule has 0 saturated heterocycles. The molecule has 1 N–H and O–H groups in total. The number of hydrogen-bond donors (Lipinski definition) is 1. The molecule has 0 spiro atoms. The van der Waals surface area contributed by atoms with Crippen LogP contribution in [0.25, 0.3) is 22.2 Å². The predicted molar refractivity (Wildman–Crippen MR) is 125 cm³/mol. The number of fused-ring (bicyclic) bond motifs is 3. The van der Waals surface area contributed by atoms with E-state index >= 15 is 0 Å². The summed E-state index contributed by atoms with van der Waals surface area (Å²) in [5, 5.41) is 20.0. The van der Waals surface area contributed by atoms with E-state index in [1.165, 1.54) is 22.2 Å². The molecule has 1 unspecified atom stereocenters. The Labute approximate surface area is 182 Å². The number of aliphatic hydroxyl groups is 1. The fraction of sp³-hybridized carbons (Fsp3) is 0.280. The minimum absolute atomic E-state index is 0.211. The molecule has 5 rings (SSSR count). The number of nitrogens with zero attached hydrogens (tertiary/aromatic N) is 5. The van der Waals surface area contributed by atoms with Crippen molar-refractivity contribution in [1.82, 2.24) is 19.6 Å². The highest BCUT2D eigenvalue weighted by Gasteiger charge is 2.26. The van der Waals surface area contributed by atoms with Crippen LogP contribution in [-0.2, 0) is 19.4 Å². The van der Waals surface area contributed by atoms with Gasteiger partial charge in [0.1, 0.15) is 5.69 Å². The van der Waals surface area contributed by atoms with Gasteiger partial charge >= 0.3 is 0 Å². The van der Waals surface area contributed by atoms with Crippen LogP contribution in [0.4, 0.5) is 5.69 Å². The summed E-state index contributed by atoms with van der Waals surface area (Å²) in [6.45, 7) is 4.56. The Balaban J connectivity index is 1.45. The van der Waals surface area contributed by atoms with Crippen molar-refractivity contribution in [2.24, 2.45) is 0 Å². The van der Waals surface area contributed by atoms with Crippen molar-refractivity contribution in [2.45, 2.75) is 31.8 Å². The van der Waals surface area contributed by atoms with Gasteiger partial charge in [0.25, 0.3) is 0 Å². The average Bonchev–Trinajstić information content (AvgIpc) is 3.38. The Morgan fingerprint density at radius 3 is 2.68 bits per heavy atom. The van der Waals surface area contributed by atoms with Crippen LogP contribution < -0.4 is 4.90 Å². The molecule has 0 bridgehead atoms. The molecule has 1 atom stereocenters. The first-order valence-electron chi connectivity index (χ1n) is 10.7. The fourth-order valence-electron chi connectivity index (χ4n) is 4.66. The normalized spacial score (nSPS) is 15.7. The first kappa shape index (κ1) is 19.4. The van der Waals surface area contributed by atoms with Crippen LogP contribution in [0.3, 0.4) is 0 Å². The SMILES string of the molecule is C=C(O)Cc1c2n(c3ccccc13)CC(n1cc(-c3ccc(N(C)C)cc3)nn1)CC2. The summed E-state index contributed by atoms with van der Waals surface area (Å²) in [4.78, 5) is 2.09. The molecule has 1 aliphatic rings. The summed E-state index contributed by atoms with van der Waals surface area (Å²) in [5.41, 5.74) is 6.83. The first-order valence-corrected chi connectivity index (χ1v) is 10.7. The van der Waals surface area contributed by atoms with Crippen LogP contribution in [-0.4, -0.2) is 38.8 Å². The maximum Gasteiger partial charge on any atom is 0.113 e. The lowest BCUT2D eigenvalue weighted by molar-refractivity contribution is 0.335. The van der Waals surface area contributed by atoms with Gasteiger partial charge in [0.15, 0.2) is 0 Å². The van der Waals surface area contributed by atoms with Crippen molar-refractivity contribution >= 4 is 16.6 Å². The van der Waals surface area contributed by atoms with Crippen LogP contribution in [0.2, 0.25) is 0 Å². The Morgan fingerprint density at radius 1 is 1.16 bits per heavy atom. The lowest BCUT2D eigenvalue weighted by atomic mass is 10.00. The van der Waals surface area contributed by atoms with Gasteiger partial charge < -0.3 is 14.6 Å². The number of rotatable bonds is 5. The Hall–Kier alpha value is -3.54. The van der Waals surface area contributed by atoms with Crippen LogP contribution in [0.5, 0.6) is 0 Å². The van der Waals surface area contributed by atoms with E-state index in [2.05, 4.69) is 81.1 Å². The number of para-hydroxylation sites is 1. The van der Waals surface area contributed by atoms with E-state index in [0.717, 1.165) is 36.3 Å². The number of benzene rings is 2. The molecule has 6 heteroatoms. The van der Waals surface area contributed by atoms with E-state index in [-0.39, 0.29) is 11.8 Å². The van der Waals surface area contributed by atoms with E-state index in [0.29, 0.717) is 6.42 Å². The molecule has 2 aromatic carbocycles. The van der Waals surface area contributed by atoms with Gasteiger partial charge in [-0.1, -0.05) is 42.1 Å². The summed E-state index contributed by atoms with van der Waals surface area (Å²) in [6, 6.07) is 17.1. The molecule has 31 heavy (non-hydrogen) atoms. The fourth-order valence-corrected chi connectivity index (χ4v) is 4.66. The molecule has 0 amide bonds. The van der Waals surface area contributed by atoms with Gasteiger partial charge in [-0.15, -0.1) is 5.10 Å². The number of aliphatic hydroxyl groups excluding tert-OH is 1. The second-order valence-corrected chi connectivity index (χ2v) is 8.51. The summed E-state index contributed by atoms with van der Waals surface area (Å²) < 4.78 is 4.40. The zero-order valence-corrected chi connectivity index (χ0v) is 18.0. The summed E-state index contributed by atoms with van der Waals surface area (Å²) in [7, 11) is 4.07. The van der Waals surface area contributed by atoms with E-state index in [9.17, 15) is 5.11 Å². The second kappa shape index (κ2) is 7.61. The van der Waals surface area contributed by atoms with Crippen LogP contribution in [0, 0.1) is 0 Å². The van der Waals surface area contributed by atoms with E-state index in [4.69, 9.17) is 0 Å². The molecule has 0 radical (unpaired) electrons. The quantitative estimate of drug-likeness (QED) is 0.479. The third-order valence-electron chi connectivity index (χ3n) is 6.25. The summed E-state index contributed by atoms with van der Waals surface area (Å²) in [6.07, 6.45) is 4.49. The molecular formula is C25H27N5O. The van der Waals surface area contributed by atoms with Gasteiger partial charge in [-0.2, -0.15) is 0 Å². The second-order valence-electron chi connectivity index (χ2n) is 8.51. The zero-order valence-electron chi connectivity index (χ0n) is 18.0. The zero-order chi connectivity index (χ0) is 21.5. The number of aromatic nitrogens is 4. The first-order chi connectivity index (χ1) is 15.0.